The van der Waals surface area contributed by atoms with Gasteiger partial charge in [-0.05, 0) is 80.7 Å². The number of nitrogens with zero attached hydrogens (tertiary/aromatic N) is 4. The largest absolute Gasteiger partial charge is 0.486 e. The molecule has 1 unspecified atom stereocenters. The summed E-state index contributed by atoms with van der Waals surface area (Å²) in [4.78, 5) is 25.9. The Kier molecular flexibility index (Phi) is 11.6. The van der Waals surface area contributed by atoms with Gasteiger partial charge < -0.3 is 19.3 Å². The van der Waals surface area contributed by atoms with Crippen molar-refractivity contribution >= 4 is 12.0 Å². The van der Waals surface area contributed by atoms with E-state index in [1.165, 1.54) is 12.4 Å². The zero-order valence-corrected chi connectivity index (χ0v) is 27.6. The van der Waals surface area contributed by atoms with Gasteiger partial charge in [-0.2, -0.15) is 26.3 Å². The fraction of sp³-hybridized carbons (Fsp3) is 0.528. The van der Waals surface area contributed by atoms with Crippen LogP contribution in [0.25, 0.3) is 0 Å². The van der Waals surface area contributed by atoms with Crippen molar-refractivity contribution in [2.45, 2.75) is 121 Å². The van der Waals surface area contributed by atoms with Crippen molar-refractivity contribution < 1.29 is 40.6 Å². The highest BCUT2D eigenvalue weighted by atomic mass is 19.4. The Morgan fingerprint density at radius 2 is 1.41 bits per heavy atom. The number of rotatable bonds is 10. The quantitative estimate of drug-likeness (QED) is 0.197. The van der Waals surface area contributed by atoms with Crippen LogP contribution in [0, 0.1) is 0 Å². The van der Waals surface area contributed by atoms with E-state index >= 15 is 0 Å². The number of benzene rings is 2. The lowest BCUT2D eigenvalue weighted by molar-refractivity contribution is -0.143. The minimum Gasteiger partial charge on any atom is -0.486 e. The number of carbonyl (C=O) groups is 1. The Balaban J connectivity index is 1.45. The number of amides is 1. The number of alkyl halides is 6. The number of carbonyl (C=O) groups excluding carboxylic acids is 1. The van der Waals surface area contributed by atoms with Crippen molar-refractivity contribution in [3.8, 4) is 5.75 Å². The summed E-state index contributed by atoms with van der Waals surface area (Å²) in [5.41, 5.74) is -2.04. The molecule has 1 aromatic heterocycles. The second kappa shape index (κ2) is 15.7. The Bertz CT molecular complexity index is 1470. The Morgan fingerprint density at radius 1 is 0.837 bits per heavy atom. The highest BCUT2D eigenvalue weighted by molar-refractivity contribution is 5.69. The van der Waals surface area contributed by atoms with Gasteiger partial charge in [-0.1, -0.05) is 50.6 Å². The topological polar surface area (TPSA) is 67.8 Å². The molecule has 5 rings (SSSR count). The van der Waals surface area contributed by atoms with Crippen molar-refractivity contribution in [2.75, 3.05) is 4.90 Å². The van der Waals surface area contributed by atoms with E-state index in [0.29, 0.717) is 31.4 Å². The maximum Gasteiger partial charge on any atom is 0.416 e. The van der Waals surface area contributed by atoms with Gasteiger partial charge in [0.05, 0.1) is 23.5 Å². The molecule has 0 N–H and O–H groups in total. The third-order valence-electron chi connectivity index (χ3n) is 9.41. The summed E-state index contributed by atoms with van der Waals surface area (Å²) in [6.45, 7) is 3.83. The number of likely N-dealkylation sites (tertiary alicyclic amines) is 1. The maximum atomic E-state index is 13.8. The zero-order valence-electron chi connectivity index (χ0n) is 27.6. The first-order valence-corrected chi connectivity index (χ1v) is 16.9. The van der Waals surface area contributed by atoms with Crippen LogP contribution in [0.4, 0.5) is 37.1 Å². The SMILES string of the molecule is CC[C@@H]1CC(N(Cc2cc(C(F)(F)F)cc(C(F)(F)F)c2)c2ncc(OCc3ccccc3)cn2)C[C@H](CC)N1C(=O)OC1CCCCC1. The first kappa shape index (κ1) is 36.3. The van der Waals surface area contributed by atoms with Gasteiger partial charge in [0.1, 0.15) is 12.7 Å². The summed E-state index contributed by atoms with van der Waals surface area (Å²) in [7, 11) is 0. The number of ether oxygens (including phenoxy) is 2. The number of piperidine rings is 1. The third kappa shape index (κ3) is 9.36. The van der Waals surface area contributed by atoms with Gasteiger partial charge in [-0.15, -0.1) is 0 Å². The molecule has 1 amide bonds. The maximum absolute atomic E-state index is 13.8. The van der Waals surface area contributed by atoms with Crippen LogP contribution < -0.4 is 9.64 Å². The van der Waals surface area contributed by atoms with E-state index < -0.39 is 29.5 Å². The minimum atomic E-state index is -4.99. The van der Waals surface area contributed by atoms with Crippen LogP contribution in [0.2, 0.25) is 0 Å². The van der Waals surface area contributed by atoms with Gasteiger partial charge in [0.2, 0.25) is 5.95 Å². The molecule has 2 fully saturated rings. The van der Waals surface area contributed by atoms with Gasteiger partial charge in [0.15, 0.2) is 5.75 Å². The zero-order chi connectivity index (χ0) is 35.2. The first-order valence-electron chi connectivity index (χ1n) is 16.9. The summed E-state index contributed by atoms with van der Waals surface area (Å²) in [5, 5.41) is 0. The molecule has 0 bridgehead atoms. The molecule has 13 heteroatoms. The molecule has 3 atom stereocenters. The average Bonchev–Trinajstić information content (AvgIpc) is 3.09. The summed E-state index contributed by atoms with van der Waals surface area (Å²) in [6, 6.07) is 10.1. The molecular weight excluding hydrogens is 650 g/mol. The number of aromatic nitrogens is 2. The van der Waals surface area contributed by atoms with Crippen molar-refractivity contribution in [1.82, 2.24) is 14.9 Å². The van der Waals surface area contributed by atoms with Crippen molar-refractivity contribution in [2.24, 2.45) is 0 Å². The molecule has 1 saturated carbocycles. The third-order valence-corrected chi connectivity index (χ3v) is 9.41. The molecule has 1 aliphatic heterocycles. The predicted octanol–water partition coefficient (Wildman–Crippen LogP) is 9.59. The molecule has 7 nitrogen and oxygen atoms in total. The fourth-order valence-electron chi connectivity index (χ4n) is 6.86. The number of hydrogen-bond donors (Lipinski definition) is 0. The van der Waals surface area contributed by atoms with E-state index in [0.717, 1.165) is 49.8 Å². The van der Waals surface area contributed by atoms with E-state index in [-0.39, 0.29) is 55.0 Å². The average molecular weight is 693 g/mol. The van der Waals surface area contributed by atoms with Crippen LogP contribution in [-0.2, 0) is 30.2 Å². The highest BCUT2D eigenvalue weighted by Crippen LogP contribution is 2.38. The summed E-state index contributed by atoms with van der Waals surface area (Å²) in [5.74, 6) is 0.482. The Hall–Kier alpha value is -4.03. The number of halogens is 6. The monoisotopic (exact) mass is 692 g/mol. The molecule has 266 valence electrons. The van der Waals surface area contributed by atoms with Crippen LogP contribution in [-0.4, -0.2) is 45.2 Å². The van der Waals surface area contributed by atoms with Gasteiger partial charge >= 0.3 is 18.4 Å². The van der Waals surface area contributed by atoms with Crippen molar-refractivity contribution in [3.63, 3.8) is 0 Å². The normalized spacial score (nSPS) is 20.6. The first-order chi connectivity index (χ1) is 23.4. The van der Waals surface area contributed by atoms with Crippen LogP contribution in [0.5, 0.6) is 5.75 Å². The summed E-state index contributed by atoms with van der Waals surface area (Å²) < 4.78 is 94.6. The van der Waals surface area contributed by atoms with E-state index in [4.69, 9.17) is 9.47 Å². The van der Waals surface area contributed by atoms with Gasteiger partial charge in [-0.25, -0.2) is 14.8 Å². The van der Waals surface area contributed by atoms with Gasteiger partial charge in [-0.3, -0.25) is 0 Å². The standard InChI is InChI=1S/C36H42F6N4O3/c1-3-28-18-30(19-29(4-2)46(28)34(47)49-31-13-9-6-10-14-31)45(22-25-15-26(35(37,38)39)17-27(16-25)36(40,41)42)33-43-20-32(21-44-33)48-23-24-11-7-5-8-12-24/h5,7-8,11-12,15-17,20-21,28-31H,3-4,6,9-10,13-14,18-19,22-23H2,1-2H3/t28-,29+,30?. The highest BCUT2D eigenvalue weighted by Gasteiger charge is 2.42. The smallest absolute Gasteiger partial charge is 0.416 e. The molecule has 2 aromatic carbocycles. The van der Waals surface area contributed by atoms with Crippen molar-refractivity contribution in [1.29, 1.82) is 0 Å². The van der Waals surface area contributed by atoms with Crippen molar-refractivity contribution in [3.05, 3.63) is 83.2 Å². The van der Waals surface area contributed by atoms with Gasteiger partial charge in [0.25, 0.3) is 0 Å². The number of hydrogen-bond acceptors (Lipinski definition) is 6. The molecular formula is C36H42F6N4O3. The predicted molar refractivity (Wildman–Crippen MR) is 172 cm³/mol. The summed E-state index contributed by atoms with van der Waals surface area (Å²) in [6.07, 6.45) is -0.881. The van der Waals surface area contributed by atoms with E-state index in [1.54, 1.807) is 9.80 Å². The van der Waals surface area contributed by atoms with Crippen LogP contribution >= 0.6 is 0 Å². The van der Waals surface area contributed by atoms with E-state index in [2.05, 4.69) is 9.97 Å². The van der Waals surface area contributed by atoms with E-state index in [1.807, 2.05) is 44.2 Å². The molecule has 0 spiro atoms. The fourth-order valence-corrected chi connectivity index (χ4v) is 6.86. The molecule has 0 radical (unpaired) electrons. The molecule has 3 aromatic rings. The Morgan fingerprint density at radius 3 is 1.94 bits per heavy atom. The lowest BCUT2D eigenvalue weighted by Gasteiger charge is -2.47. The second-order valence-electron chi connectivity index (χ2n) is 12.8. The molecule has 2 heterocycles. The summed E-state index contributed by atoms with van der Waals surface area (Å²) >= 11 is 0. The van der Waals surface area contributed by atoms with Gasteiger partial charge in [0, 0.05) is 24.7 Å². The Labute approximate surface area is 282 Å². The minimum absolute atomic E-state index is 0.125. The van der Waals surface area contributed by atoms with Crippen LogP contribution in [0.3, 0.4) is 0 Å². The number of anilines is 1. The van der Waals surface area contributed by atoms with Crippen LogP contribution in [0.1, 0.15) is 93.9 Å². The molecule has 1 aliphatic carbocycles. The van der Waals surface area contributed by atoms with E-state index in [9.17, 15) is 31.1 Å². The molecule has 1 saturated heterocycles. The molecule has 2 aliphatic rings. The van der Waals surface area contributed by atoms with Crippen LogP contribution in [0.15, 0.2) is 60.9 Å². The lowest BCUT2D eigenvalue weighted by atomic mass is 9.87. The molecule has 49 heavy (non-hydrogen) atoms. The second-order valence-corrected chi connectivity index (χ2v) is 12.8. The lowest BCUT2D eigenvalue weighted by Crippen LogP contribution is -2.57.